The zero-order chi connectivity index (χ0) is 15.0. The molecule has 3 rings (SSSR count). The van der Waals surface area contributed by atoms with E-state index in [0.717, 1.165) is 26.8 Å². The minimum absolute atomic E-state index is 0.0294. The third-order valence-corrected chi connectivity index (χ3v) is 4.12. The molecule has 0 radical (unpaired) electrons. The van der Waals surface area contributed by atoms with Gasteiger partial charge in [-0.2, -0.15) is 0 Å². The van der Waals surface area contributed by atoms with Crippen molar-refractivity contribution >= 4 is 27.0 Å². The molecule has 0 aliphatic heterocycles. The lowest BCUT2D eigenvalue weighted by molar-refractivity contribution is 0.408. The minimum Gasteiger partial charge on any atom is -0.496 e. The zero-order valence-corrected chi connectivity index (χ0v) is 13.4. The Morgan fingerprint density at radius 2 is 1.86 bits per heavy atom. The summed E-state index contributed by atoms with van der Waals surface area (Å²) in [6, 6.07) is 13.6. The fraction of sp³-hybridized carbons (Fsp3) is 0.188. The van der Waals surface area contributed by atoms with Gasteiger partial charge in [0, 0.05) is 17.1 Å². The highest BCUT2D eigenvalue weighted by Gasteiger charge is 2.12. The van der Waals surface area contributed by atoms with Crippen LogP contribution in [0.15, 0.2) is 51.7 Å². The quantitative estimate of drug-likeness (QED) is 0.730. The van der Waals surface area contributed by atoms with Crippen molar-refractivity contribution in [1.29, 1.82) is 0 Å². The number of aryl methyl sites for hydroxylation is 1. The van der Waals surface area contributed by atoms with Crippen LogP contribution in [0.2, 0.25) is 0 Å². The molecule has 0 fully saturated rings. The molecule has 0 unspecified atom stereocenters. The molecule has 5 heteroatoms. The van der Waals surface area contributed by atoms with Gasteiger partial charge in [0.25, 0.3) is 0 Å². The molecule has 1 heterocycles. The van der Waals surface area contributed by atoms with E-state index in [4.69, 9.17) is 4.74 Å². The molecule has 0 saturated heterocycles. The maximum Gasteiger partial charge on any atom is 0.329 e. The summed E-state index contributed by atoms with van der Waals surface area (Å²) in [7, 11) is 3.43. The average molecular weight is 347 g/mol. The molecule has 0 bridgehead atoms. The van der Waals surface area contributed by atoms with E-state index < -0.39 is 0 Å². The van der Waals surface area contributed by atoms with Gasteiger partial charge in [-0.3, -0.25) is 9.13 Å². The predicted octanol–water partition coefficient (Wildman–Crippen LogP) is 3.16. The van der Waals surface area contributed by atoms with Gasteiger partial charge >= 0.3 is 5.69 Å². The fourth-order valence-electron chi connectivity index (χ4n) is 2.56. The molecule has 21 heavy (non-hydrogen) atoms. The van der Waals surface area contributed by atoms with Crippen LogP contribution in [0.25, 0.3) is 11.0 Å². The smallest absolute Gasteiger partial charge is 0.329 e. The van der Waals surface area contributed by atoms with Gasteiger partial charge in [-0.15, -0.1) is 0 Å². The largest absolute Gasteiger partial charge is 0.496 e. The molecule has 0 amide bonds. The Labute approximate surface area is 130 Å². The van der Waals surface area contributed by atoms with Crippen molar-refractivity contribution < 1.29 is 4.74 Å². The molecule has 0 saturated carbocycles. The Morgan fingerprint density at radius 1 is 1.14 bits per heavy atom. The van der Waals surface area contributed by atoms with Gasteiger partial charge in [-0.1, -0.05) is 28.1 Å². The van der Waals surface area contributed by atoms with Gasteiger partial charge in [-0.25, -0.2) is 4.79 Å². The Morgan fingerprint density at radius 3 is 2.57 bits per heavy atom. The third kappa shape index (κ3) is 2.38. The molecule has 0 aliphatic rings. The summed E-state index contributed by atoms with van der Waals surface area (Å²) in [6.45, 7) is 0.475. The van der Waals surface area contributed by atoms with Crippen LogP contribution >= 0.6 is 15.9 Å². The standard InChI is InChI=1S/C16H15BrN2O2/c1-18-13-5-3-4-6-14(13)19(16(18)20)10-11-9-12(17)7-8-15(11)21-2/h3-9H,10H2,1-2H3. The van der Waals surface area contributed by atoms with Crippen LogP contribution in [0, 0.1) is 0 Å². The van der Waals surface area contributed by atoms with Gasteiger partial charge in [0.05, 0.1) is 24.7 Å². The number of aromatic nitrogens is 2. The number of rotatable bonds is 3. The van der Waals surface area contributed by atoms with Crippen molar-refractivity contribution in [1.82, 2.24) is 9.13 Å². The number of ether oxygens (including phenoxy) is 1. The summed E-state index contributed by atoms with van der Waals surface area (Å²) < 4.78 is 9.78. The number of imidazole rings is 1. The highest BCUT2D eigenvalue weighted by Crippen LogP contribution is 2.24. The molecule has 2 aromatic carbocycles. The maximum atomic E-state index is 12.5. The SMILES string of the molecule is COc1ccc(Br)cc1Cn1c(=O)n(C)c2ccccc21. The van der Waals surface area contributed by atoms with E-state index >= 15 is 0 Å². The lowest BCUT2D eigenvalue weighted by Crippen LogP contribution is -2.22. The molecule has 1 aromatic heterocycles. The van der Waals surface area contributed by atoms with Gasteiger partial charge in [0.2, 0.25) is 0 Å². The predicted molar refractivity (Wildman–Crippen MR) is 87.0 cm³/mol. The summed E-state index contributed by atoms with van der Waals surface area (Å²) in [5.74, 6) is 0.776. The second-order valence-electron chi connectivity index (χ2n) is 4.87. The van der Waals surface area contributed by atoms with E-state index in [9.17, 15) is 4.79 Å². The summed E-state index contributed by atoms with van der Waals surface area (Å²) in [5, 5.41) is 0. The summed E-state index contributed by atoms with van der Waals surface area (Å²) in [5.41, 5.74) is 2.78. The average Bonchev–Trinajstić information content (AvgIpc) is 2.73. The molecule has 0 atom stereocenters. The molecule has 0 N–H and O–H groups in total. The van der Waals surface area contributed by atoms with Crippen molar-refractivity contribution in [3.63, 3.8) is 0 Å². The van der Waals surface area contributed by atoms with E-state index in [1.54, 1.807) is 23.3 Å². The Balaban J connectivity index is 2.17. The van der Waals surface area contributed by atoms with Crippen LogP contribution in [0.3, 0.4) is 0 Å². The highest BCUT2D eigenvalue weighted by atomic mass is 79.9. The minimum atomic E-state index is -0.0294. The Bertz CT molecular complexity index is 864. The second-order valence-corrected chi connectivity index (χ2v) is 5.79. The van der Waals surface area contributed by atoms with Gasteiger partial charge in [-0.05, 0) is 30.3 Å². The van der Waals surface area contributed by atoms with Crippen LogP contribution in [0.1, 0.15) is 5.56 Å². The van der Waals surface area contributed by atoms with Crippen molar-refractivity contribution in [2.24, 2.45) is 7.05 Å². The first-order chi connectivity index (χ1) is 10.1. The zero-order valence-electron chi connectivity index (χ0n) is 11.8. The van der Waals surface area contributed by atoms with Gasteiger partial charge in [0.1, 0.15) is 5.75 Å². The molecular formula is C16H15BrN2O2. The molecule has 4 nitrogen and oxygen atoms in total. The monoisotopic (exact) mass is 346 g/mol. The van der Waals surface area contributed by atoms with E-state index in [1.165, 1.54) is 0 Å². The Hall–Kier alpha value is -2.01. The number of hydrogen-bond donors (Lipinski definition) is 0. The maximum absolute atomic E-state index is 12.5. The molecule has 3 aromatic rings. The number of methoxy groups -OCH3 is 1. The van der Waals surface area contributed by atoms with E-state index in [2.05, 4.69) is 15.9 Å². The summed E-state index contributed by atoms with van der Waals surface area (Å²) >= 11 is 3.46. The van der Waals surface area contributed by atoms with E-state index in [0.29, 0.717) is 6.54 Å². The van der Waals surface area contributed by atoms with Crippen LogP contribution in [-0.4, -0.2) is 16.2 Å². The number of nitrogens with zero attached hydrogens (tertiary/aromatic N) is 2. The number of hydrogen-bond acceptors (Lipinski definition) is 2. The van der Waals surface area contributed by atoms with Crippen LogP contribution in [-0.2, 0) is 13.6 Å². The van der Waals surface area contributed by atoms with Gasteiger partial charge < -0.3 is 4.74 Å². The first-order valence-electron chi connectivity index (χ1n) is 6.58. The molecule has 0 aliphatic carbocycles. The van der Waals surface area contributed by atoms with Crippen molar-refractivity contribution in [2.75, 3.05) is 7.11 Å². The van der Waals surface area contributed by atoms with Crippen molar-refractivity contribution in [3.8, 4) is 5.75 Å². The van der Waals surface area contributed by atoms with Gasteiger partial charge in [0.15, 0.2) is 0 Å². The summed E-state index contributed by atoms with van der Waals surface area (Å²) in [4.78, 5) is 12.5. The van der Waals surface area contributed by atoms with Crippen LogP contribution in [0.4, 0.5) is 0 Å². The van der Waals surface area contributed by atoms with E-state index in [1.807, 2.05) is 42.5 Å². The highest BCUT2D eigenvalue weighted by molar-refractivity contribution is 9.10. The lowest BCUT2D eigenvalue weighted by atomic mass is 10.2. The third-order valence-electron chi connectivity index (χ3n) is 3.62. The number of benzene rings is 2. The number of para-hydroxylation sites is 2. The number of fused-ring (bicyclic) bond motifs is 1. The topological polar surface area (TPSA) is 36.2 Å². The molecular weight excluding hydrogens is 332 g/mol. The first-order valence-corrected chi connectivity index (χ1v) is 7.38. The fourth-order valence-corrected chi connectivity index (χ4v) is 2.97. The lowest BCUT2D eigenvalue weighted by Gasteiger charge is -2.10. The second kappa shape index (κ2) is 5.41. The Kier molecular flexibility index (Phi) is 3.59. The van der Waals surface area contributed by atoms with E-state index in [-0.39, 0.29) is 5.69 Å². The molecule has 0 spiro atoms. The normalized spacial score (nSPS) is 11.0. The summed E-state index contributed by atoms with van der Waals surface area (Å²) in [6.07, 6.45) is 0. The molecule has 108 valence electrons. The van der Waals surface area contributed by atoms with Crippen LogP contribution in [0.5, 0.6) is 5.75 Å². The van der Waals surface area contributed by atoms with Crippen molar-refractivity contribution in [2.45, 2.75) is 6.54 Å². The van der Waals surface area contributed by atoms with Crippen molar-refractivity contribution in [3.05, 3.63) is 63.0 Å². The first kappa shape index (κ1) is 13.9. The van der Waals surface area contributed by atoms with Crippen LogP contribution < -0.4 is 10.4 Å². The number of halogens is 1.